The molecule has 0 atom stereocenters. The van der Waals surface area contributed by atoms with Crippen molar-refractivity contribution < 1.29 is 8.42 Å². The first-order chi connectivity index (χ1) is 12.5. The van der Waals surface area contributed by atoms with Crippen LogP contribution in [0.25, 0.3) is 10.8 Å². The summed E-state index contributed by atoms with van der Waals surface area (Å²) in [7, 11) is -3.43. The molecule has 1 aliphatic rings. The molecule has 0 spiro atoms. The minimum Gasteiger partial charge on any atom is -0.296 e. The Morgan fingerprint density at radius 3 is 2.38 bits per heavy atom. The summed E-state index contributed by atoms with van der Waals surface area (Å²) < 4.78 is 27.8. The number of benzene rings is 2. The van der Waals surface area contributed by atoms with Crippen LogP contribution in [0, 0.1) is 0 Å². The fourth-order valence-electron chi connectivity index (χ4n) is 3.36. The molecule has 4 rings (SSSR count). The molecule has 2 heterocycles. The lowest BCUT2D eigenvalue weighted by Crippen LogP contribution is -2.48. The summed E-state index contributed by atoms with van der Waals surface area (Å²) in [6.07, 6.45) is 0. The summed E-state index contributed by atoms with van der Waals surface area (Å²) in [4.78, 5) is 2.31. The summed E-state index contributed by atoms with van der Waals surface area (Å²) in [5.41, 5.74) is 1.28. The molecule has 1 fully saturated rings. The average Bonchev–Trinajstić information content (AvgIpc) is 3.10. The van der Waals surface area contributed by atoms with Gasteiger partial charge in [-0.3, -0.25) is 4.90 Å². The lowest BCUT2D eigenvalue weighted by molar-refractivity contribution is 0.182. The Kier molecular flexibility index (Phi) is 5.03. The smallest absolute Gasteiger partial charge is 0.252 e. The Bertz CT molecular complexity index is 1020. The predicted molar refractivity (Wildman–Crippen MR) is 107 cm³/mol. The van der Waals surface area contributed by atoms with Gasteiger partial charge in [0.05, 0.1) is 4.34 Å². The van der Waals surface area contributed by atoms with Gasteiger partial charge in [0.25, 0.3) is 10.0 Å². The molecule has 0 amide bonds. The highest BCUT2D eigenvalue weighted by atomic mass is 35.5. The van der Waals surface area contributed by atoms with E-state index >= 15 is 0 Å². The van der Waals surface area contributed by atoms with Crippen LogP contribution < -0.4 is 0 Å². The molecule has 0 bridgehead atoms. The molecular formula is C19H19ClN2O2S2. The third-order valence-electron chi connectivity index (χ3n) is 4.75. The molecule has 0 radical (unpaired) electrons. The Hall–Kier alpha value is -1.44. The molecule has 136 valence electrons. The second kappa shape index (κ2) is 7.29. The molecule has 0 aliphatic carbocycles. The number of hydrogen-bond acceptors (Lipinski definition) is 4. The van der Waals surface area contributed by atoms with E-state index in [1.807, 2.05) is 6.07 Å². The second-order valence-electron chi connectivity index (χ2n) is 6.38. The Morgan fingerprint density at radius 1 is 0.923 bits per heavy atom. The molecule has 1 aliphatic heterocycles. The summed E-state index contributed by atoms with van der Waals surface area (Å²) in [6.45, 7) is 3.29. The predicted octanol–water partition coefficient (Wildman–Crippen LogP) is 4.06. The Morgan fingerprint density at radius 2 is 1.65 bits per heavy atom. The maximum absolute atomic E-state index is 12.7. The number of hydrogen-bond donors (Lipinski definition) is 0. The molecule has 26 heavy (non-hydrogen) atoms. The van der Waals surface area contributed by atoms with Gasteiger partial charge in [0.1, 0.15) is 4.21 Å². The lowest BCUT2D eigenvalue weighted by Gasteiger charge is -2.33. The maximum atomic E-state index is 12.7. The van der Waals surface area contributed by atoms with Crippen molar-refractivity contribution in [3.05, 3.63) is 64.5 Å². The summed E-state index contributed by atoms with van der Waals surface area (Å²) >= 11 is 7.01. The van der Waals surface area contributed by atoms with E-state index in [-0.39, 0.29) is 0 Å². The van der Waals surface area contributed by atoms with Gasteiger partial charge in [-0.1, -0.05) is 54.1 Å². The molecule has 4 nitrogen and oxygen atoms in total. The molecule has 1 saturated heterocycles. The van der Waals surface area contributed by atoms with Gasteiger partial charge in [-0.2, -0.15) is 4.31 Å². The minimum atomic E-state index is -3.43. The van der Waals surface area contributed by atoms with E-state index < -0.39 is 10.0 Å². The van der Waals surface area contributed by atoms with Crippen LogP contribution >= 0.6 is 22.9 Å². The van der Waals surface area contributed by atoms with Gasteiger partial charge in [-0.15, -0.1) is 11.3 Å². The number of rotatable bonds is 4. The van der Waals surface area contributed by atoms with Crippen molar-refractivity contribution in [3.63, 3.8) is 0 Å². The van der Waals surface area contributed by atoms with Crippen molar-refractivity contribution in [3.8, 4) is 0 Å². The standard InChI is InChI=1S/C19H19ClN2O2S2/c20-18-8-9-19(25-18)26(23,24)22-12-10-21(11-13-22)14-16-6-3-5-15-4-1-2-7-17(15)16/h1-9H,10-14H2. The van der Waals surface area contributed by atoms with Crippen molar-refractivity contribution in [2.45, 2.75) is 10.8 Å². The van der Waals surface area contributed by atoms with Crippen LogP contribution in [0.3, 0.4) is 0 Å². The molecule has 0 unspecified atom stereocenters. The fraction of sp³-hybridized carbons (Fsp3) is 0.263. The van der Waals surface area contributed by atoms with Crippen molar-refractivity contribution >= 4 is 43.7 Å². The van der Waals surface area contributed by atoms with E-state index in [1.165, 1.54) is 16.3 Å². The van der Waals surface area contributed by atoms with Crippen molar-refractivity contribution in [2.24, 2.45) is 0 Å². The molecule has 3 aromatic rings. The number of thiophene rings is 1. The largest absolute Gasteiger partial charge is 0.296 e. The number of piperazine rings is 1. The van der Waals surface area contributed by atoms with Crippen LogP contribution in [0.5, 0.6) is 0 Å². The monoisotopic (exact) mass is 406 g/mol. The van der Waals surface area contributed by atoms with Crippen molar-refractivity contribution in [1.29, 1.82) is 0 Å². The molecule has 7 heteroatoms. The van der Waals surface area contributed by atoms with E-state index in [1.54, 1.807) is 16.4 Å². The molecular weight excluding hydrogens is 388 g/mol. The highest BCUT2D eigenvalue weighted by Crippen LogP contribution is 2.29. The third kappa shape index (κ3) is 3.52. The number of fused-ring (bicyclic) bond motifs is 1. The molecule has 0 saturated carbocycles. The number of nitrogens with zero attached hydrogens (tertiary/aromatic N) is 2. The zero-order valence-electron chi connectivity index (χ0n) is 14.1. The Balaban J connectivity index is 1.45. The molecule has 0 N–H and O–H groups in total. The minimum absolute atomic E-state index is 0.324. The van der Waals surface area contributed by atoms with Crippen molar-refractivity contribution in [1.82, 2.24) is 9.21 Å². The summed E-state index contributed by atoms with van der Waals surface area (Å²) in [5, 5.41) is 2.50. The van der Waals surface area contributed by atoms with Crippen LogP contribution in [0.15, 0.2) is 58.8 Å². The van der Waals surface area contributed by atoms with Crippen LogP contribution in [0.4, 0.5) is 0 Å². The van der Waals surface area contributed by atoms with Crippen LogP contribution in [-0.2, 0) is 16.6 Å². The first-order valence-electron chi connectivity index (χ1n) is 8.48. The van der Waals surface area contributed by atoms with Crippen LogP contribution in [-0.4, -0.2) is 43.8 Å². The van der Waals surface area contributed by atoms with Gasteiger partial charge >= 0.3 is 0 Å². The Labute approximate surface area is 162 Å². The second-order valence-corrected chi connectivity index (χ2v) is 10.3. The fourth-order valence-corrected chi connectivity index (χ4v) is 6.42. The number of halogens is 1. The average molecular weight is 407 g/mol. The van der Waals surface area contributed by atoms with Gasteiger partial charge in [-0.05, 0) is 28.5 Å². The van der Waals surface area contributed by atoms with Gasteiger partial charge < -0.3 is 0 Å². The van der Waals surface area contributed by atoms with E-state index in [9.17, 15) is 8.42 Å². The van der Waals surface area contributed by atoms with Crippen LogP contribution in [0.1, 0.15) is 5.56 Å². The van der Waals surface area contributed by atoms with E-state index in [2.05, 4.69) is 41.3 Å². The van der Waals surface area contributed by atoms with Gasteiger partial charge in [0, 0.05) is 32.7 Å². The first-order valence-corrected chi connectivity index (χ1v) is 11.1. The van der Waals surface area contributed by atoms with E-state index in [4.69, 9.17) is 11.6 Å². The van der Waals surface area contributed by atoms with Gasteiger partial charge in [0.15, 0.2) is 0 Å². The van der Waals surface area contributed by atoms with Gasteiger partial charge in [0.2, 0.25) is 0 Å². The first kappa shape index (κ1) is 17.9. The molecule has 1 aromatic heterocycles. The highest BCUT2D eigenvalue weighted by molar-refractivity contribution is 7.91. The van der Waals surface area contributed by atoms with Crippen LogP contribution in [0.2, 0.25) is 4.34 Å². The third-order valence-corrected chi connectivity index (χ3v) is 8.35. The topological polar surface area (TPSA) is 40.6 Å². The summed E-state index contributed by atoms with van der Waals surface area (Å²) in [5.74, 6) is 0. The van der Waals surface area contributed by atoms with Crippen molar-refractivity contribution in [2.75, 3.05) is 26.2 Å². The zero-order chi connectivity index (χ0) is 18.1. The highest BCUT2D eigenvalue weighted by Gasteiger charge is 2.29. The van der Waals surface area contributed by atoms with Gasteiger partial charge in [-0.25, -0.2) is 8.42 Å². The maximum Gasteiger partial charge on any atom is 0.252 e. The number of sulfonamides is 1. The lowest BCUT2D eigenvalue weighted by atomic mass is 10.0. The summed E-state index contributed by atoms with van der Waals surface area (Å²) in [6, 6.07) is 17.9. The quantitative estimate of drug-likeness (QED) is 0.656. The zero-order valence-corrected chi connectivity index (χ0v) is 16.5. The molecule has 2 aromatic carbocycles. The van der Waals surface area contributed by atoms with E-state index in [0.29, 0.717) is 21.6 Å². The van der Waals surface area contributed by atoms with E-state index in [0.717, 1.165) is 31.0 Å². The normalized spacial score (nSPS) is 17.0. The SMILES string of the molecule is O=S(=O)(c1ccc(Cl)s1)N1CCN(Cc2cccc3ccccc23)CC1.